The summed E-state index contributed by atoms with van der Waals surface area (Å²) in [5.74, 6) is -0.115. The minimum Gasteiger partial charge on any atom is -0.329 e. The number of aryl methyl sites for hydroxylation is 2. The van der Waals surface area contributed by atoms with E-state index in [1.807, 2.05) is 0 Å². The predicted octanol–water partition coefficient (Wildman–Crippen LogP) is 3.14. The third-order valence-corrected chi connectivity index (χ3v) is 5.36. The van der Waals surface area contributed by atoms with E-state index in [0.29, 0.717) is 0 Å². The van der Waals surface area contributed by atoms with Crippen LogP contribution in [0, 0.1) is 13.8 Å². The zero-order valence-corrected chi connectivity index (χ0v) is 17.5. The van der Waals surface area contributed by atoms with Crippen molar-refractivity contribution in [2.75, 3.05) is 17.3 Å². The number of fused-ring (bicyclic) bond motifs is 1. The summed E-state index contributed by atoms with van der Waals surface area (Å²) < 4.78 is 99.0. The van der Waals surface area contributed by atoms with Crippen LogP contribution < -0.4 is 15.4 Å². The summed E-state index contributed by atoms with van der Waals surface area (Å²) in [5, 5.41) is 11.8. The second-order valence-electron chi connectivity index (χ2n) is 6.59. The first-order valence-electron chi connectivity index (χ1n) is 13.3. The Hall–Kier alpha value is -3.50. The summed E-state index contributed by atoms with van der Waals surface area (Å²) in [6.07, 6.45) is 1.28. The van der Waals surface area contributed by atoms with Crippen LogP contribution in [-0.4, -0.2) is 35.2 Å². The Morgan fingerprint density at radius 3 is 2.81 bits per heavy atom. The summed E-state index contributed by atoms with van der Waals surface area (Å²) in [6.45, 7) is -1.37. The van der Waals surface area contributed by atoms with E-state index in [2.05, 4.69) is 20.4 Å². The van der Waals surface area contributed by atoms with Crippen molar-refractivity contribution in [2.45, 2.75) is 18.7 Å². The van der Waals surface area contributed by atoms with Gasteiger partial charge in [0.2, 0.25) is 16.0 Å². The third kappa shape index (κ3) is 4.07. The number of aromatic nitrogens is 4. The van der Waals surface area contributed by atoms with Gasteiger partial charge in [-0.15, -0.1) is 0 Å². The monoisotopic (exact) mass is 446 g/mol. The first-order valence-corrected chi connectivity index (χ1v) is 10.4. The number of hydrogen-bond acceptors (Lipinski definition) is 7. The molecule has 0 aliphatic carbocycles. The van der Waals surface area contributed by atoms with Gasteiger partial charge in [-0.1, -0.05) is 6.04 Å². The molecule has 31 heavy (non-hydrogen) atoms. The molecule has 0 spiro atoms. The van der Waals surface area contributed by atoms with Crippen LogP contribution in [-0.2, 0) is 17.1 Å². The molecule has 0 aliphatic heterocycles. The normalized spacial score (nSPS) is 16.2. The number of benzene rings is 2. The molecule has 2 aromatic carbocycles. The molecule has 0 radical (unpaired) electrons. The van der Waals surface area contributed by atoms with Gasteiger partial charge in [0, 0.05) is 46.9 Å². The molecule has 10 heteroatoms. The fourth-order valence-corrected chi connectivity index (χ4v) is 3.51. The van der Waals surface area contributed by atoms with Gasteiger partial charge in [-0.2, -0.15) is 10.1 Å². The first-order chi connectivity index (χ1) is 18.4. The van der Waals surface area contributed by atoms with Crippen LogP contribution in [0.5, 0.6) is 0 Å². The fourth-order valence-electron chi connectivity index (χ4n) is 2.78. The largest absolute Gasteiger partial charge is 0.329 e. The van der Waals surface area contributed by atoms with Gasteiger partial charge < -0.3 is 10.2 Å². The Bertz CT molecular complexity index is 1810. The van der Waals surface area contributed by atoms with Crippen molar-refractivity contribution >= 4 is 44.1 Å². The number of nitrogens with zero attached hydrogens (tertiary/aromatic N) is 5. The van der Waals surface area contributed by atoms with Gasteiger partial charge in [-0.3, -0.25) is 4.68 Å². The molecule has 0 aliphatic rings. The van der Waals surface area contributed by atoms with E-state index in [4.69, 9.17) is 17.5 Å². The quantitative estimate of drug-likeness (QED) is 0.483. The number of rotatable bonds is 5. The predicted molar refractivity (Wildman–Crippen MR) is 121 cm³/mol. The van der Waals surface area contributed by atoms with Gasteiger partial charge in [0.05, 0.1) is 18.6 Å². The summed E-state index contributed by atoms with van der Waals surface area (Å²) >= 11 is 0. The zero-order chi connectivity index (χ0) is 30.1. The van der Waals surface area contributed by atoms with Crippen LogP contribution in [0.3, 0.4) is 0 Å². The van der Waals surface area contributed by atoms with Crippen LogP contribution in [0.25, 0.3) is 10.9 Å². The second kappa shape index (κ2) is 7.64. The highest BCUT2D eigenvalue weighted by atomic mass is 32.2. The molecule has 160 valence electrons. The lowest BCUT2D eigenvalue weighted by molar-refractivity contribution is 0.597. The fraction of sp³-hybridized carbons (Fsp3) is 0.190. The maximum Gasteiger partial charge on any atom is 0.238 e. The van der Waals surface area contributed by atoms with E-state index in [0.717, 1.165) is 4.68 Å². The lowest BCUT2D eigenvalue weighted by atomic mass is 10.2. The molecule has 2 aromatic heterocycles. The Morgan fingerprint density at radius 2 is 2.06 bits per heavy atom. The van der Waals surface area contributed by atoms with Gasteiger partial charge in [0.1, 0.15) is 5.82 Å². The third-order valence-electron chi connectivity index (χ3n) is 4.39. The number of hydrogen-bond donors (Lipinski definition) is 2. The van der Waals surface area contributed by atoms with Gasteiger partial charge >= 0.3 is 0 Å². The topological polar surface area (TPSA) is 119 Å². The van der Waals surface area contributed by atoms with E-state index in [-0.39, 0.29) is 51.3 Å². The summed E-state index contributed by atoms with van der Waals surface area (Å²) in [6, 6.07) is -1.36. The smallest absolute Gasteiger partial charge is 0.238 e. The number of nitrogens with two attached hydrogens (primary N) is 1. The molecule has 0 saturated carbocycles. The minimum atomic E-state index is -4.40. The number of sulfonamides is 1. The van der Waals surface area contributed by atoms with E-state index in [1.54, 1.807) is 0 Å². The van der Waals surface area contributed by atoms with Crippen LogP contribution in [0.1, 0.15) is 23.6 Å². The Morgan fingerprint density at radius 1 is 1.26 bits per heavy atom. The zero-order valence-electron chi connectivity index (χ0n) is 25.7. The molecule has 0 bridgehead atoms. The molecular formula is C21H23N7O2S. The van der Waals surface area contributed by atoms with Gasteiger partial charge in [0.15, 0.2) is 0 Å². The van der Waals surface area contributed by atoms with Crippen molar-refractivity contribution < 1.29 is 20.8 Å². The van der Waals surface area contributed by atoms with Crippen molar-refractivity contribution in [1.29, 1.82) is 0 Å². The molecule has 4 aromatic rings. The maximum atomic E-state index is 12.1. The molecule has 2 heterocycles. The van der Waals surface area contributed by atoms with Gasteiger partial charge in [-0.25, -0.2) is 18.5 Å². The van der Waals surface area contributed by atoms with E-state index >= 15 is 0 Å². The summed E-state index contributed by atoms with van der Waals surface area (Å²) in [4.78, 5) is 8.97. The average Bonchev–Trinajstić information content (AvgIpc) is 3.21. The Balaban J connectivity index is 1.83. The van der Waals surface area contributed by atoms with E-state index < -0.39 is 52.0 Å². The van der Waals surface area contributed by atoms with Gasteiger partial charge in [0.25, 0.3) is 0 Å². The lowest BCUT2D eigenvalue weighted by Gasteiger charge is -2.19. The summed E-state index contributed by atoms with van der Waals surface area (Å²) in [5.41, 5.74) is -0.969. The molecule has 9 nitrogen and oxygen atoms in total. The molecule has 4 rings (SSSR count). The Kier molecular flexibility index (Phi) is 3.05. The molecule has 0 unspecified atom stereocenters. The average molecular weight is 447 g/mol. The second-order valence-corrected chi connectivity index (χ2v) is 8.09. The Labute approximate surface area is 193 Å². The van der Waals surface area contributed by atoms with Crippen LogP contribution in [0.2, 0.25) is 0 Å². The molecule has 3 N–H and O–H groups in total. The van der Waals surface area contributed by atoms with Crippen molar-refractivity contribution in [1.82, 2.24) is 19.7 Å². The standard InChI is InChI=1S/C21H23N7O2S/c1-13-5-6-15(11-19(13)31(22,29)30)24-21-23-10-9-20(25-21)27(3)16-7-8-17-14(2)28(4)26-18(17)12-16/h5-12H,1-4H3,(H2,22,29,30)(H,23,24,25)/i2D3,5D,6D,7D,8D,11D,12D. The lowest BCUT2D eigenvalue weighted by Crippen LogP contribution is -2.14. The van der Waals surface area contributed by atoms with Crippen LogP contribution in [0.4, 0.5) is 23.1 Å². The van der Waals surface area contributed by atoms with Crippen LogP contribution >= 0.6 is 0 Å². The maximum absolute atomic E-state index is 12.1. The molecular weight excluding hydrogens is 414 g/mol. The van der Waals surface area contributed by atoms with Crippen LogP contribution in [0.15, 0.2) is 53.4 Å². The number of primary sulfonamides is 1. The molecule has 0 saturated heterocycles. The van der Waals surface area contributed by atoms with E-state index in [9.17, 15) is 8.42 Å². The van der Waals surface area contributed by atoms with Crippen molar-refractivity contribution in [3.8, 4) is 0 Å². The highest BCUT2D eigenvalue weighted by Crippen LogP contribution is 2.28. The molecule has 0 amide bonds. The van der Waals surface area contributed by atoms with Crippen molar-refractivity contribution in [3.05, 3.63) is 59.8 Å². The molecule has 0 fully saturated rings. The van der Waals surface area contributed by atoms with Gasteiger partial charge in [-0.05, 0) is 55.6 Å². The summed E-state index contributed by atoms with van der Waals surface area (Å²) in [7, 11) is -1.57. The first kappa shape index (κ1) is 12.4. The molecule has 0 atom stereocenters. The highest BCUT2D eigenvalue weighted by molar-refractivity contribution is 7.89. The number of anilines is 4. The minimum absolute atomic E-state index is 0.0836. The van der Waals surface area contributed by atoms with Crippen molar-refractivity contribution in [3.63, 3.8) is 0 Å². The van der Waals surface area contributed by atoms with Crippen molar-refractivity contribution in [2.24, 2.45) is 12.2 Å². The number of nitrogens with one attached hydrogen (secondary N) is 1. The SMILES string of the molecule is [2H]c1c([2H])c(Nc2nccc(N(C)c3c([2H])c([2H])c4c(C([2H])([2H])[2H])n(C)nc4c3[2H])n2)c([2H])c(S(N)(=O)=O)c1C. The highest BCUT2D eigenvalue weighted by Gasteiger charge is 2.14. The van der Waals surface area contributed by atoms with E-state index in [1.165, 1.54) is 38.2 Å².